The Morgan fingerprint density at radius 2 is 1.92 bits per heavy atom. The minimum atomic E-state index is -1.71. The van der Waals surface area contributed by atoms with Gasteiger partial charge in [0.1, 0.15) is 17.2 Å². The second-order valence-corrected chi connectivity index (χ2v) is 9.28. The molecule has 1 N–H and O–H groups in total. The van der Waals surface area contributed by atoms with E-state index in [-0.39, 0.29) is 6.04 Å². The molecular formula is C16H22Cl4N4O2. The first-order valence-corrected chi connectivity index (χ1v) is 9.87. The monoisotopic (exact) mass is 442 g/mol. The second-order valence-electron chi connectivity index (χ2n) is 6.62. The van der Waals surface area contributed by atoms with E-state index in [1.807, 2.05) is 6.92 Å². The lowest BCUT2D eigenvalue weighted by Crippen LogP contribution is -2.48. The summed E-state index contributed by atoms with van der Waals surface area (Å²) >= 11 is 23.9. The zero-order chi connectivity index (χ0) is 19.5. The van der Waals surface area contributed by atoms with Crippen molar-refractivity contribution in [3.8, 4) is 0 Å². The minimum Gasteiger partial charge on any atom is -0.439 e. The van der Waals surface area contributed by atoms with Gasteiger partial charge < -0.3 is 15.0 Å². The van der Waals surface area contributed by atoms with Crippen molar-refractivity contribution >= 4 is 58.3 Å². The third-order valence-electron chi connectivity index (χ3n) is 4.32. The third kappa shape index (κ3) is 5.18. The highest BCUT2D eigenvalue weighted by atomic mass is 35.6. The van der Waals surface area contributed by atoms with E-state index < -0.39 is 15.5 Å². The fourth-order valence-electron chi connectivity index (χ4n) is 2.49. The van der Waals surface area contributed by atoms with Crippen LogP contribution in [0.15, 0.2) is 6.33 Å². The lowest BCUT2D eigenvalue weighted by atomic mass is 10.1. The van der Waals surface area contributed by atoms with Crippen molar-refractivity contribution in [3.05, 3.63) is 17.0 Å². The molecule has 1 aliphatic rings. The Morgan fingerprint density at radius 3 is 2.46 bits per heavy atom. The highest BCUT2D eigenvalue weighted by molar-refractivity contribution is 6.68. The van der Waals surface area contributed by atoms with Crippen LogP contribution >= 0.6 is 46.4 Å². The molecule has 2 rings (SSSR count). The van der Waals surface area contributed by atoms with E-state index in [2.05, 4.69) is 15.3 Å². The highest BCUT2D eigenvalue weighted by Gasteiger charge is 2.45. The van der Waals surface area contributed by atoms with E-state index in [1.165, 1.54) is 6.33 Å². The molecule has 1 saturated heterocycles. The van der Waals surface area contributed by atoms with Crippen molar-refractivity contribution in [3.63, 3.8) is 0 Å². The van der Waals surface area contributed by atoms with Gasteiger partial charge in [0.2, 0.25) is 3.79 Å². The molecule has 1 aliphatic heterocycles. The van der Waals surface area contributed by atoms with Gasteiger partial charge in [-0.15, -0.1) is 0 Å². The number of carbonyl (C=O) groups excluding carboxylic acids is 1. The van der Waals surface area contributed by atoms with Gasteiger partial charge in [-0.2, -0.15) is 0 Å². The van der Waals surface area contributed by atoms with Crippen molar-refractivity contribution in [2.45, 2.75) is 55.5 Å². The van der Waals surface area contributed by atoms with Crippen molar-refractivity contribution in [1.29, 1.82) is 0 Å². The van der Waals surface area contributed by atoms with Crippen LogP contribution in [0, 0.1) is 0 Å². The molecule has 0 aliphatic carbocycles. The first-order valence-electron chi connectivity index (χ1n) is 8.35. The van der Waals surface area contributed by atoms with Gasteiger partial charge in [-0.1, -0.05) is 53.3 Å². The molecule has 1 fully saturated rings. The van der Waals surface area contributed by atoms with E-state index in [9.17, 15) is 4.79 Å². The van der Waals surface area contributed by atoms with Crippen LogP contribution in [-0.4, -0.2) is 49.5 Å². The Morgan fingerprint density at radius 1 is 1.31 bits per heavy atom. The minimum absolute atomic E-state index is 0.150. The number of piperidine rings is 1. The van der Waals surface area contributed by atoms with Crippen molar-refractivity contribution < 1.29 is 9.53 Å². The van der Waals surface area contributed by atoms with Crippen LogP contribution in [0.4, 0.5) is 10.6 Å². The zero-order valence-electron chi connectivity index (χ0n) is 14.9. The van der Waals surface area contributed by atoms with Crippen LogP contribution in [0.5, 0.6) is 0 Å². The summed E-state index contributed by atoms with van der Waals surface area (Å²) in [6.07, 6.45) is 3.20. The standard InChI is InChI=1S/C16H22Cl4N4O2/c1-4-11-12(17)13(22-9-21-11)23-10-5-7-24(8-6-10)14(25)26-15(2,3)16(18,19)20/h9-10H,4-8H2,1-3H3,(H,21,22,23). The number of ether oxygens (including phenoxy) is 1. The molecule has 2 heterocycles. The summed E-state index contributed by atoms with van der Waals surface area (Å²) in [5.74, 6) is 0.622. The number of anilines is 1. The summed E-state index contributed by atoms with van der Waals surface area (Å²) in [5, 5.41) is 3.87. The molecule has 1 aromatic heterocycles. The number of nitrogens with zero attached hydrogens (tertiary/aromatic N) is 3. The summed E-state index contributed by atoms with van der Waals surface area (Å²) in [4.78, 5) is 22.3. The number of alkyl halides is 3. The van der Waals surface area contributed by atoms with E-state index in [0.717, 1.165) is 25.0 Å². The van der Waals surface area contributed by atoms with Gasteiger partial charge >= 0.3 is 6.09 Å². The Kier molecular flexibility index (Phi) is 7.10. The van der Waals surface area contributed by atoms with Gasteiger partial charge in [0.05, 0.1) is 5.69 Å². The molecule has 1 amide bonds. The summed E-state index contributed by atoms with van der Waals surface area (Å²) in [6.45, 7) is 6.16. The number of rotatable bonds is 4. The number of aromatic nitrogens is 2. The molecule has 0 radical (unpaired) electrons. The fraction of sp³-hybridized carbons (Fsp3) is 0.688. The molecule has 0 atom stereocenters. The highest BCUT2D eigenvalue weighted by Crippen LogP contribution is 2.40. The van der Waals surface area contributed by atoms with Gasteiger partial charge in [0, 0.05) is 19.1 Å². The van der Waals surface area contributed by atoms with Crippen LogP contribution in [0.2, 0.25) is 5.02 Å². The average molecular weight is 444 g/mol. The third-order valence-corrected chi connectivity index (χ3v) is 6.08. The number of hydrogen-bond donors (Lipinski definition) is 1. The van der Waals surface area contributed by atoms with E-state index in [4.69, 9.17) is 51.1 Å². The molecule has 146 valence electrons. The smallest absolute Gasteiger partial charge is 0.410 e. The average Bonchev–Trinajstić information content (AvgIpc) is 2.56. The fourth-order valence-corrected chi connectivity index (χ4v) is 2.90. The van der Waals surface area contributed by atoms with Crippen LogP contribution < -0.4 is 5.32 Å². The first kappa shape index (κ1) is 21.6. The number of likely N-dealkylation sites (tertiary alicyclic amines) is 1. The predicted molar refractivity (Wildman–Crippen MR) is 105 cm³/mol. The molecule has 0 unspecified atom stereocenters. The van der Waals surface area contributed by atoms with Gasteiger partial charge in [0.15, 0.2) is 5.60 Å². The lowest BCUT2D eigenvalue weighted by Gasteiger charge is -2.37. The summed E-state index contributed by atoms with van der Waals surface area (Å²) in [7, 11) is 0. The largest absolute Gasteiger partial charge is 0.439 e. The zero-order valence-corrected chi connectivity index (χ0v) is 17.9. The Labute approximate surface area is 173 Å². The van der Waals surface area contributed by atoms with E-state index in [1.54, 1.807) is 18.7 Å². The molecule has 0 aromatic carbocycles. The summed E-state index contributed by atoms with van der Waals surface area (Å²) in [6, 6.07) is 0.150. The van der Waals surface area contributed by atoms with E-state index in [0.29, 0.717) is 23.9 Å². The molecule has 0 bridgehead atoms. The van der Waals surface area contributed by atoms with Gasteiger partial charge in [0.25, 0.3) is 0 Å². The Bertz CT molecular complexity index is 644. The number of amides is 1. The number of hydrogen-bond acceptors (Lipinski definition) is 5. The van der Waals surface area contributed by atoms with Crippen molar-refractivity contribution in [1.82, 2.24) is 14.9 Å². The summed E-state index contributed by atoms with van der Waals surface area (Å²) < 4.78 is 3.67. The van der Waals surface area contributed by atoms with Crippen LogP contribution in [-0.2, 0) is 11.2 Å². The van der Waals surface area contributed by atoms with Crippen molar-refractivity contribution in [2.75, 3.05) is 18.4 Å². The Balaban J connectivity index is 1.90. The quantitative estimate of drug-likeness (QED) is 0.673. The van der Waals surface area contributed by atoms with Crippen LogP contribution in [0.1, 0.15) is 39.3 Å². The van der Waals surface area contributed by atoms with Gasteiger partial charge in [-0.25, -0.2) is 14.8 Å². The number of aryl methyl sites for hydroxylation is 1. The molecule has 0 spiro atoms. The molecule has 10 heteroatoms. The maximum atomic E-state index is 12.3. The number of nitrogens with one attached hydrogen (secondary N) is 1. The molecule has 0 saturated carbocycles. The van der Waals surface area contributed by atoms with Gasteiger partial charge in [-0.05, 0) is 33.1 Å². The topological polar surface area (TPSA) is 67.4 Å². The maximum Gasteiger partial charge on any atom is 0.410 e. The van der Waals surface area contributed by atoms with E-state index >= 15 is 0 Å². The molecule has 26 heavy (non-hydrogen) atoms. The lowest BCUT2D eigenvalue weighted by molar-refractivity contribution is 0.0123. The number of carbonyl (C=O) groups is 1. The normalized spacial score (nSPS) is 16.5. The molecular weight excluding hydrogens is 422 g/mol. The Hall–Kier alpha value is -0.690. The SMILES string of the molecule is CCc1ncnc(NC2CCN(C(=O)OC(C)(C)C(Cl)(Cl)Cl)CC2)c1Cl. The molecule has 6 nitrogen and oxygen atoms in total. The summed E-state index contributed by atoms with van der Waals surface area (Å²) in [5.41, 5.74) is -0.423. The van der Waals surface area contributed by atoms with Crippen LogP contribution in [0.25, 0.3) is 0 Å². The first-order chi connectivity index (χ1) is 12.0. The van der Waals surface area contributed by atoms with Crippen molar-refractivity contribution in [2.24, 2.45) is 0 Å². The molecule has 1 aromatic rings. The number of halogens is 4. The van der Waals surface area contributed by atoms with Crippen LogP contribution in [0.3, 0.4) is 0 Å². The van der Waals surface area contributed by atoms with Gasteiger partial charge in [-0.3, -0.25) is 0 Å². The maximum absolute atomic E-state index is 12.3. The predicted octanol–water partition coefficient (Wildman–Crippen LogP) is 4.85. The second kappa shape index (κ2) is 8.55.